The van der Waals surface area contributed by atoms with E-state index in [2.05, 4.69) is 16.4 Å². The number of halogens is 1. The van der Waals surface area contributed by atoms with Crippen LogP contribution in [0, 0.1) is 29.6 Å². The van der Waals surface area contributed by atoms with Gasteiger partial charge in [0.25, 0.3) is 0 Å². The summed E-state index contributed by atoms with van der Waals surface area (Å²) in [5, 5.41) is 21.5. The van der Waals surface area contributed by atoms with Gasteiger partial charge in [-0.05, 0) is 68.4 Å². The molecule has 1 saturated carbocycles. The zero-order valence-corrected chi connectivity index (χ0v) is 16.0. The summed E-state index contributed by atoms with van der Waals surface area (Å²) in [5.41, 5.74) is 12.6. The van der Waals surface area contributed by atoms with Crippen LogP contribution in [0.25, 0.3) is 0 Å². The second-order valence-corrected chi connectivity index (χ2v) is 7.82. The fourth-order valence-corrected chi connectivity index (χ4v) is 4.17. The van der Waals surface area contributed by atoms with Gasteiger partial charge in [-0.2, -0.15) is 5.26 Å². The lowest BCUT2D eigenvalue weighted by molar-refractivity contribution is 0.580. The van der Waals surface area contributed by atoms with Crippen molar-refractivity contribution in [2.75, 3.05) is 11.1 Å². The maximum Gasteiger partial charge on any atom is 0.147 e. The van der Waals surface area contributed by atoms with Crippen molar-refractivity contribution < 1.29 is 0 Å². The van der Waals surface area contributed by atoms with E-state index in [4.69, 9.17) is 22.7 Å². The normalized spacial score (nSPS) is 18.5. The number of fused-ring (bicyclic) bond motifs is 1. The first kappa shape index (κ1) is 17.8. The number of nitrogens with zero attached hydrogens (tertiary/aromatic N) is 2. The third-order valence-corrected chi connectivity index (χ3v) is 5.87. The summed E-state index contributed by atoms with van der Waals surface area (Å²) >= 11 is 6.26. The summed E-state index contributed by atoms with van der Waals surface area (Å²) in [5.74, 6) is 0.352. The van der Waals surface area contributed by atoms with Gasteiger partial charge in [-0.3, -0.25) is 0 Å². The molecule has 1 heterocycles. The Bertz CT molecular complexity index is 972. The van der Waals surface area contributed by atoms with Crippen LogP contribution in [0.3, 0.4) is 0 Å². The Labute approximate surface area is 164 Å². The van der Waals surface area contributed by atoms with Gasteiger partial charge in [-0.25, -0.2) is 4.98 Å². The van der Waals surface area contributed by atoms with Crippen LogP contribution in [0.4, 0.5) is 11.4 Å². The van der Waals surface area contributed by atoms with Gasteiger partial charge in [-0.1, -0.05) is 11.6 Å². The zero-order chi connectivity index (χ0) is 19.1. The minimum absolute atomic E-state index is 0.0317. The van der Waals surface area contributed by atoms with Crippen molar-refractivity contribution in [3.63, 3.8) is 0 Å². The second kappa shape index (κ2) is 6.86. The van der Waals surface area contributed by atoms with E-state index in [1.807, 2.05) is 25.1 Å². The number of anilines is 2. The lowest BCUT2D eigenvalue weighted by Gasteiger charge is -2.28. The van der Waals surface area contributed by atoms with Crippen LogP contribution in [0.5, 0.6) is 0 Å². The standard InChI is InChI=1S/C21H22ClN5/c1-11-14-3-2-4-18(20(14)27-21(22)16(11)10-23)26-13-7-8-17(24)15(9-13)19(25)12-5-6-12/h7-9,12,18,25-26H,2-6,24H2,1H3. The highest BCUT2D eigenvalue weighted by Gasteiger charge is 2.29. The Hall–Kier alpha value is -2.58. The Morgan fingerprint density at radius 1 is 1.37 bits per heavy atom. The fraction of sp³-hybridized carbons (Fsp3) is 0.381. The molecule has 0 amide bonds. The number of hydrogen-bond acceptors (Lipinski definition) is 5. The number of nitrogen functional groups attached to an aromatic ring is 1. The van der Waals surface area contributed by atoms with Crippen LogP contribution < -0.4 is 11.1 Å². The molecule has 1 unspecified atom stereocenters. The maximum absolute atomic E-state index is 9.34. The number of nitriles is 1. The molecule has 2 aliphatic carbocycles. The minimum atomic E-state index is 0.0317. The maximum atomic E-state index is 9.34. The van der Waals surface area contributed by atoms with Crippen molar-refractivity contribution in [1.29, 1.82) is 10.7 Å². The van der Waals surface area contributed by atoms with Gasteiger partial charge in [-0.15, -0.1) is 0 Å². The van der Waals surface area contributed by atoms with Crippen LogP contribution in [-0.4, -0.2) is 10.7 Å². The van der Waals surface area contributed by atoms with Crippen molar-refractivity contribution in [2.24, 2.45) is 5.92 Å². The second-order valence-electron chi connectivity index (χ2n) is 7.46. The highest BCUT2D eigenvalue weighted by molar-refractivity contribution is 6.30. The predicted molar refractivity (Wildman–Crippen MR) is 108 cm³/mol. The molecule has 1 atom stereocenters. The molecule has 1 aromatic carbocycles. The van der Waals surface area contributed by atoms with Crippen molar-refractivity contribution in [3.8, 4) is 6.07 Å². The molecule has 27 heavy (non-hydrogen) atoms. The largest absolute Gasteiger partial charge is 0.398 e. The first-order chi connectivity index (χ1) is 13.0. The van der Waals surface area contributed by atoms with Crippen LogP contribution in [0.15, 0.2) is 18.2 Å². The van der Waals surface area contributed by atoms with E-state index >= 15 is 0 Å². The third-order valence-electron chi connectivity index (χ3n) is 5.59. The first-order valence-corrected chi connectivity index (χ1v) is 9.71. The molecule has 2 aliphatic rings. The van der Waals surface area contributed by atoms with Gasteiger partial charge in [0.05, 0.1) is 17.3 Å². The molecule has 4 rings (SSSR count). The number of hydrogen-bond donors (Lipinski definition) is 3. The SMILES string of the molecule is Cc1c(C#N)c(Cl)nc2c1CCCC2Nc1ccc(N)c(C(=N)C2CC2)c1. The minimum Gasteiger partial charge on any atom is -0.398 e. The molecule has 138 valence electrons. The van der Waals surface area contributed by atoms with Gasteiger partial charge in [0, 0.05) is 28.6 Å². The van der Waals surface area contributed by atoms with Gasteiger partial charge >= 0.3 is 0 Å². The molecule has 0 saturated heterocycles. The average molecular weight is 380 g/mol. The van der Waals surface area contributed by atoms with E-state index in [-0.39, 0.29) is 11.2 Å². The summed E-state index contributed by atoms with van der Waals surface area (Å²) in [6, 6.07) is 7.99. The lowest BCUT2D eigenvalue weighted by atomic mass is 9.87. The van der Waals surface area contributed by atoms with Crippen LogP contribution in [0.2, 0.25) is 5.15 Å². The quantitative estimate of drug-likeness (QED) is 0.405. The molecule has 0 radical (unpaired) electrons. The number of nitrogens with one attached hydrogen (secondary N) is 2. The van der Waals surface area contributed by atoms with Crippen molar-refractivity contribution in [2.45, 2.75) is 45.1 Å². The molecule has 2 aromatic rings. The smallest absolute Gasteiger partial charge is 0.147 e. The molecule has 1 fully saturated rings. The van der Waals surface area contributed by atoms with E-state index < -0.39 is 0 Å². The zero-order valence-electron chi connectivity index (χ0n) is 15.3. The van der Waals surface area contributed by atoms with E-state index in [1.165, 1.54) is 0 Å². The lowest BCUT2D eigenvalue weighted by Crippen LogP contribution is -2.21. The molecular formula is C21H22ClN5. The summed E-state index contributed by atoms with van der Waals surface area (Å²) < 4.78 is 0. The summed E-state index contributed by atoms with van der Waals surface area (Å²) in [6.45, 7) is 1.95. The topological polar surface area (TPSA) is 98.6 Å². The molecular weight excluding hydrogens is 358 g/mol. The van der Waals surface area contributed by atoms with Crippen LogP contribution in [-0.2, 0) is 6.42 Å². The molecule has 0 aliphatic heterocycles. The summed E-state index contributed by atoms with van der Waals surface area (Å²) in [7, 11) is 0. The summed E-state index contributed by atoms with van der Waals surface area (Å²) in [4.78, 5) is 4.55. The highest BCUT2D eigenvalue weighted by atomic mass is 35.5. The number of pyridine rings is 1. The third kappa shape index (κ3) is 3.26. The van der Waals surface area contributed by atoms with E-state index in [9.17, 15) is 5.26 Å². The van der Waals surface area contributed by atoms with Crippen molar-refractivity contribution >= 4 is 28.7 Å². The van der Waals surface area contributed by atoms with Gasteiger partial charge in [0.15, 0.2) is 0 Å². The number of aromatic nitrogens is 1. The van der Waals surface area contributed by atoms with Crippen molar-refractivity contribution in [1.82, 2.24) is 4.98 Å². The molecule has 0 bridgehead atoms. The fourth-order valence-electron chi connectivity index (χ4n) is 3.89. The monoisotopic (exact) mass is 379 g/mol. The average Bonchev–Trinajstić information content (AvgIpc) is 3.49. The first-order valence-electron chi connectivity index (χ1n) is 9.33. The Kier molecular flexibility index (Phi) is 4.53. The Balaban J connectivity index is 1.66. The Morgan fingerprint density at radius 2 is 2.15 bits per heavy atom. The highest BCUT2D eigenvalue weighted by Crippen LogP contribution is 2.38. The van der Waals surface area contributed by atoms with Gasteiger partial charge in [0.1, 0.15) is 11.2 Å². The summed E-state index contributed by atoms with van der Waals surface area (Å²) in [6.07, 6.45) is 5.04. The molecule has 4 N–H and O–H groups in total. The van der Waals surface area contributed by atoms with Gasteiger partial charge in [0.2, 0.25) is 0 Å². The van der Waals surface area contributed by atoms with Crippen molar-refractivity contribution in [3.05, 3.63) is 51.3 Å². The number of rotatable bonds is 4. The van der Waals surface area contributed by atoms with E-state index in [1.54, 1.807) is 0 Å². The predicted octanol–water partition coefficient (Wildman–Crippen LogP) is 4.76. The van der Waals surface area contributed by atoms with E-state index in [0.717, 1.165) is 60.2 Å². The van der Waals surface area contributed by atoms with Crippen LogP contribution >= 0.6 is 11.6 Å². The number of benzene rings is 1. The van der Waals surface area contributed by atoms with E-state index in [0.29, 0.717) is 22.9 Å². The molecule has 1 aromatic heterocycles. The molecule has 0 spiro atoms. The molecule has 6 heteroatoms. The Morgan fingerprint density at radius 3 is 2.85 bits per heavy atom. The number of nitrogens with two attached hydrogens (primary N) is 1. The van der Waals surface area contributed by atoms with Crippen LogP contribution in [0.1, 0.15) is 59.7 Å². The van der Waals surface area contributed by atoms with Gasteiger partial charge < -0.3 is 16.5 Å². The molecule has 5 nitrogen and oxygen atoms in total.